The third-order valence-electron chi connectivity index (χ3n) is 3.53. The first kappa shape index (κ1) is 28.4. The van der Waals surface area contributed by atoms with Crippen LogP contribution in [0.4, 0.5) is 0 Å². The van der Waals surface area contributed by atoms with Crippen LogP contribution in [0.2, 0.25) is 0 Å². The van der Waals surface area contributed by atoms with Gasteiger partial charge in [-0.2, -0.15) is 0 Å². The van der Waals surface area contributed by atoms with Gasteiger partial charge < -0.3 is 33.7 Å². The number of ether oxygens (including phenoxy) is 6. The van der Waals surface area contributed by atoms with E-state index in [0.717, 1.165) is 0 Å². The number of carbonyl (C=O) groups is 2. The summed E-state index contributed by atoms with van der Waals surface area (Å²) in [6.07, 6.45) is 3.72. The number of rotatable bonds is 24. The molecule has 9 nitrogen and oxygen atoms in total. The molecule has 0 aliphatic rings. The molecular weight excluding hydrogens is 394 g/mol. The molecule has 0 aromatic rings. The molecule has 174 valence electrons. The van der Waals surface area contributed by atoms with E-state index in [1.807, 2.05) is 0 Å². The van der Waals surface area contributed by atoms with Crippen LogP contribution < -0.4 is 5.32 Å². The standard InChI is InChI=1S/C21H37NO8/c1-3-20(23)6-5-8-25-10-12-27-14-16-29-18-19-30-17-15-28-13-11-26-9-7-22-21(24)4-2/h3-4H,1-2,5-19H2,(H,22,24). The molecule has 0 aromatic carbocycles. The van der Waals surface area contributed by atoms with Crippen LogP contribution in [-0.4, -0.2) is 97.5 Å². The van der Waals surface area contributed by atoms with Crippen molar-refractivity contribution in [3.05, 3.63) is 25.3 Å². The Labute approximate surface area is 179 Å². The molecule has 0 aliphatic carbocycles. The maximum Gasteiger partial charge on any atom is 0.243 e. The van der Waals surface area contributed by atoms with Gasteiger partial charge in [-0.15, -0.1) is 0 Å². The molecule has 0 heterocycles. The van der Waals surface area contributed by atoms with Crippen molar-refractivity contribution < 1.29 is 38.0 Å². The van der Waals surface area contributed by atoms with Crippen molar-refractivity contribution in [2.75, 3.05) is 85.8 Å². The average Bonchev–Trinajstić information content (AvgIpc) is 2.76. The van der Waals surface area contributed by atoms with Gasteiger partial charge in [-0.05, 0) is 18.6 Å². The van der Waals surface area contributed by atoms with Crippen LogP contribution in [0.1, 0.15) is 12.8 Å². The van der Waals surface area contributed by atoms with Crippen LogP contribution in [0, 0.1) is 0 Å². The summed E-state index contributed by atoms with van der Waals surface area (Å²) in [5, 5.41) is 2.62. The van der Waals surface area contributed by atoms with E-state index in [2.05, 4.69) is 18.5 Å². The first-order valence-electron chi connectivity index (χ1n) is 10.2. The smallest absolute Gasteiger partial charge is 0.243 e. The van der Waals surface area contributed by atoms with E-state index in [1.165, 1.54) is 12.2 Å². The molecule has 30 heavy (non-hydrogen) atoms. The molecule has 0 aliphatic heterocycles. The zero-order valence-corrected chi connectivity index (χ0v) is 17.9. The molecule has 0 radical (unpaired) electrons. The molecule has 9 heteroatoms. The van der Waals surface area contributed by atoms with Gasteiger partial charge in [-0.1, -0.05) is 13.2 Å². The highest BCUT2D eigenvalue weighted by atomic mass is 16.6. The van der Waals surface area contributed by atoms with Gasteiger partial charge in [0.1, 0.15) is 0 Å². The lowest BCUT2D eigenvalue weighted by Gasteiger charge is -2.08. The summed E-state index contributed by atoms with van der Waals surface area (Å²) in [5.74, 6) is -0.169. The summed E-state index contributed by atoms with van der Waals surface area (Å²) >= 11 is 0. The zero-order valence-electron chi connectivity index (χ0n) is 17.9. The number of allylic oxidation sites excluding steroid dienone is 1. The van der Waals surface area contributed by atoms with Crippen molar-refractivity contribution in [3.63, 3.8) is 0 Å². The van der Waals surface area contributed by atoms with Crippen molar-refractivity contribution in [1.82, 2.24) is 5.32 Å². The molecule has 0 saturated carbocycles. The normalized spacial score (nSPS) is 10.7. The topological polar surface area (TPSA) is 102 Å². The Morgan fingerprint density at radius 1 is 0.600 bits per heavy atom. The number of nitrogens with one attached hydrogen (secondary N) is 1. The predicted molar refractivity (Wildman–Crippen MR) is 113 cm³/mol. The number of amides is 1. The Hall–Kier alpha value is -1.62. The van der Waals surface area contributed by atoms with E-state index in [0.29, 0.717) is 98.7 Å². The summed E-state index contributed by atoms with van der Waals surface area (Å²) in [6.45, 7) is 13.1. The number of hydrogen-bond acceptors (Lipinski definition) is 8. The molecule has 1 amide bonds. The fourth-order valence-corrected chi connectivity index (χ4v) is 1.97. The molecule has 0 spiro atoms. The molecular formula is C21H37NO8. The fraction of sp³-hybridized carbons (Fsp3) is 0.714. The van der Waals surface area contributed by atoms with Gasteiger partial charge in [0.05, 0.1) is 72.7 Å². The maximum absolute atomic E-state index is 11.0. The van der Waals surface area contributed by atoms with E-state index < -0.39 is 0 Å². The second kappa shape index (κ2) is 23.7. The Balaban J connectivity index is 3.06. The monoisotopic (exact) mass is 431 g/mol. The van der Waals surface area contributed by atoms with Crippen molar-refractivity contribution in [3.8, 4) is 0 Å². The average molecular weight is 432 g/mol. The molecule has 0 saturated heterocycles. The van der Waals surface area contributed by atoms with E-state index in [4.69, 9.17) is 28.4 Å². The third kappa shape index (κ3) is 22.7. The van der Waals surface area contributed by atoms with Crippen LogP contribution in [-0.2, 0) is 38.0 Å². The molecule has 0 bridgehead atoms. The summed E-state index contributed by atoms with van der Waals surface area (Å²) in [5.41, 5.74) is 0. The minimum Gasteiger partial charge on any atom is -0.379 e. The molecule has 0 unspecified atom stereocenters. The van der Waals surface area contributed by atoms with Crippen LogP contribution in [0.3, 0.4) is 0 Å². The maximum atomic E-state index is 11.0. The Morgan fingerprint density at radius 2 is 1.00 bits per heavy atom. The highest BCUT2D eigenvalue weighted by molar-refractivity contribution is 5.88. The van der Waals surface area contributed by atoms with Gasteiger partial charge in [0, 0.05) is 19.6 Å². The van der Waals surface area contributed by atoms with Gasteiger partial charge >= 0.3 is 0 Å². The summed E-state index contributed by atoms with van der Waals surface area (Å²) in [7, 11) is 0. The van der Waals surface area contributed by atoms with E-state index >= 15 is 0 Å². The Morgan fingerprint density at radius 3 is 1.40 bits per heavy atom. The van der Waals surface area contributed by atoms with Crippen molar-refractivity contribution in [1.29, 1.82) is 0 Å². The lowest BCUT2D eigenvalue weighted by Crippen LogP contribution is -2.25. The third-order valence-corrected chi connectivity index (χ3v) is 3.53. The molecule has 0 atom stereocenters. The van der Waals surface area contributed by atoms with E-state index in [1.54, 1.807) is 0 Å². The Kier molecular flexibility index (Phi) is 22.4. The SMILES string of the molecule is C=CC(=O)CCCOCCOCCOCCOCCOCCOCCNC(=O)C=C. The zero-order chi connectivity index (χ0) is 22.1. The second-order valence-electron chi connectivity index (χ2n) is 5.94. The van der Waals surface area contributed by atoms with Crippen LogP contribution in [0.5, 0.6) is 0 Å². The predicted octanol–water partition coefficient (Wildman–Crippen LogP) is 0.924. The summed E-state index contributed by atoms with van der Waals surface area (Å²) in [4.78, 5) is 21.9. The number of ketones is 1. The largest absolute Gasteiger partial charge is 0.379 e. The number of carbonyl (C=O) groups excluding carboxylic acids is 2. The van der Waals surface area contributed by atoms with Crippen molar-refractivity contribution in [2.45, 2.75) is 12.8 Å². The lowest BCUT2D eigenvalue weighted by atomic mass is 10.2. The molecule has 0 fully saturated rings. The van der Waals surface area contributed by atoms with E-state index in [-0.39, 0.29) is 11.7 Å². The van der Waals surface area contributed by atoms with Gasteiger partial charge in [0.2, 0.25) is 5.91 Å². The van der Waals surface area contributed by atoms with Crippen LogP contribution in [0.15, 0.2) is 25.3 Å². The quantitative estimate of drug-likeness (QED) is 0.178. The lowest BCUT2D eigenvalue weighted by molar-refractivity contribution is -0.117. The molecule has 0 rings (SSSR count). The van der Waals surface area contributed by atoms with Gasteiger partial charge in [-0.25, -0.2) is 0 Å². The van der Waals surface area contributed by atoms with E-state index in [9.17, 15) is 9.59 Å². The highest BCUT2D eigenvalue weighted by Crippen LogP contribution is 1.93. The van der Waals surface area contributed by atoms with Gasteiger partial charge in [-0.3, -0.25) is 9.59 Å². The van der Waals surface area contributed by atoms with Crippen LogP contribution >= 0.6 is 0 Å². The fourth-order valence-electron chi connectivity index (χ4n) is 1.97. The highest BCUT2D eigenvalue weighted by Gasteiger charge is 1.97. The number of hydrogen-bond donors (Lipinski definition) is 1. The Bertz CT molecular complexity index is 405. The summed E-state index contributed by atoms with van der Waals surface area (Å²) < 4.78 is 32.2. The van der Waals surface area contributed by atoms with Crippen molar-refractivity contribution >= 4 is 11.7 Å². The van der Waals surface area contributed by atoms with Crippen LogP contribution in [0.25, 0.3) is 0 Å². The van der Waals surface area contributed by atoms with Gasteiger partial charge in [0.15, 0.2) is 5.78 Å². The second-order valence-corrected chi connectivity index (χ2v) is 5.94. The van der Waals surface area contributed by atoms with Crippen molar-refractivity contribution in [2.24, 2.45) is 0 Å². The minimum atomic E-state index is -0.209. The molecule has 0 aromatic heterocycles. The molecule has 1 N–H and O–H groups in total. The van der Waals surface area contributed by atoms with Gasteiger partial charge in [0.25, 0.3) is 0 Å². The minimum absolute atomic E-state index is 0.0394. The summed E-state index contributed by atoms with van der Waals surface area (Å²) in [6, 6.07) is 0. The first-order valence-corrected chi connectivity index (χ1v) is 10.2. The first-order chi connectivity index (χ1) is 14.7.